The summed E-state index contributed by atoms with van der Waals surface area (Å²) in [5.74, 6) is -0.406. The fourth-order valence-electron chi connectivity index (χ4n) is 2.18. The highest BCUT2D eigenvalue weighted by molar-refractivity contribution is 9.10. The number of sulfonamides is 1. The van der Waals surface area contributed by atoms with Gasteiger partial charge in [-0.2, -0.15) is 0 Å². The minimum Gasteiger partial charge on any atom is -0.324 e. The number of hydrogen-bond donors (Lipinski definition) is 1. The second-order valence-corrected chi connectivity index (χ2v) is 8.42. The van der Waals surface area contributed by atoms with E-state index in [-0.39, 0.29) is 6.54 Å². The maximum atomic E-state index is 12.3. The van der Waals surface area contributed by atoms with Gasteiger partial charge in [0.15, 0.2) is 0 Å². The first-order chi connectivity index (χ1) is 11.2. The van der Waals surface area contributed by atoms with Crippen molar-refractivity contribution in [3.05, 3.63) is 58.1 Å². The fourth-order valence-corrected chi connectivity index (χ4v) is 3.43. The van der Waals surface area contributed by atoms with Gasteiger partial charge in [-0.1, -0.05) is 28.1 Å². The zero-order valence-corrected chi connectivity index (χ0v) is 16.1. The van der Waals surface area contributed by atoms with E-state index in [9.17, 15) is 13.2 Å². The van der Waals surface area contributed by atoms with Crippen LogP contribution in [-0.2, 0) is 14.8 Å². The van der Waals surface area contributed by atoms with Crippen LogP contribution in [0.3, 0.4) is 0 Å². The van der Waals surface area contributed by atoms with Crippen LogP contribution in [0.4, 0.5) is 11.4 Å². The largest absolute Gasteiger partial charge is 0.324 e. The molecule has 0 saturated carbocycles. The van der Waals surface area contributed by atoms with Crippen molar-refractivity contribution in [3.8, 4) is 0 Å². The lowest BCUT2D eigenvalue weighted by molar-refractivity contribution is -0.114. The van der Waals surface area contributed by atoms with Gasteiger partial charge in [-0.15, -0.1) is 0 Å². The smallest absolute Gasteiger partial charge is 0.245 e. The quantitative estimate of drug-likeness (QED) is 0.820. The lowest BCUT2D eigenvalue weighted by Crippen LogP contribution is -2.37. The van der Waals surface area contributed by atoms with Crippen molar-refractivity contribution in [3.63, 3.8) is 0 Å². The van der Waals surface area contributed by atoms with Gasteiger partial charge in [0.2, 0.25) is 15.9 Å². The Kier molecular flexibility index (Phi) is 5.66. The number of carbonyl (C=O) groups is 1. The molecule has 2 rings (SSSR count). The van der Waals surface area contributed by atoms with Gasteiger partial charge >= 0.3 is 0 Å². The second-order valence-electron chi connectivity index (χ2n) is 5.60. The van der Waals surface area contributed by atoms with Crippen molar-refractivity contribution < 1.29 is 13.2 Å². The van der Waals surface area contributed by atoms with E-state index in [1.165, 1.54) is 0 Å². The highest BCUT2D eigenvalue weighted by atomic mass is 79.9. The Bertz CT molecular complexity index is 866. The Morgan fingerprint density at radius 3 is 2.42 bits per heavy atom. The lowest BCUT2D eigenvalue weighted by atomic mass is 10.1. The summed E-state index contributed by atoms with van der Waals surface area (Å²) in [5.41, 5.74) is 3.10. The number of amides is 1. The number of anilines is 2. The Morgan fingerprint density at radius 1 is 1.12 bits per heavy atom. The average molecular weight is 411 g/mol. The molecule has 128 valence electrons. The number of nitrogens with one attached hydrogen (secondary N) is 1. The molecule has 1 amide bonds. The SMILES string of the molecule is Cc1ccc(N(CC(=O)Nc2cccc(Br)c2)S(C)(=O)=O)cc1C. The van der Waals surface area contributed by atoms with Crippen LogP contribution in [0.25, 0.3) is 0 Å². The maximum Gasteiger partial charge on any atom is 0.245 e. The van der Waals surface area contributed by atoms with Crippen LogP contribution < -0.4 is 9.62 Å². The van der Waals surface area contributed by atoms with E-state index in [2.05, 4.69) is 21.2 Å². The normalized spacial score (nSPS) is 11.2. The standard InChI is InChI=1S/C17H19BrN2O3S/c1-12-7-8-16(9-13(12)2)20(24(3,22)23)11-17(21)19-15-6-4-5-14(18)10-15/h4-10H,11H2,1-3H3,(H,19,21). The molecule has 0 atom stereocenters. The summed E-state index contributed by atoms with van der Waals surface area (Å²) in [6.07, 6.45) is 1.09. The molecule has 0 aliphatic heterocycles. The molecule has 7 heteroatoms. The molecule has 0 unspecified atom stereocenters. The third kappa shape index (κ3) is 4.82. The van der Waals surface area contributed by atoms with Crippen LogP contribution in [0.5, 0.6) is 0 Å². The van der Waals surface area contributed by atoms with E-state index >= 15 is 0 Å². The number of rotatable bonds is 5. The summed E-state index contributed by atoms with van der Waals surface area (Å²) < 4.78 is 26.1. The third-order valence-corrected chi connectivity index (χ3v) is 5.21. The molecule has 24 heavy (non-hydrogen) atoms. The molecular formula is C17H19BrN2O3S. The Balaban J connectivity index is 2.23. The topological polar surface area (TPSA) is 66.5 Å². The van der Waals surface area contributed by atoms with Crippen LogP contribution in [0.1, 0.15) is 11.1 Å². The molecule has 0 heterocycles. The van der Waals surface area contributed by atoms with Gasteiger partial charge in [0.05, 0.1) is 11.9 Å². The minimum absolute atomic E-state index is 0.284. The van der Waals surface area contributed by atoms with Crippen LogP contribution >= 0.6 is 15.9 Å². The van der Waals surface area contributed by atoms with Crippen LogP contribution in [-0.4, -0.2) is 27.1 Å². The molecule has 2 aromatic carbocycles. The number of aryl methyl sites for hydroxylation is 2. The zero-order chi connectivity index (χ0) is 17.9. The fraction of sp³-hybridized carbons (Fsp3) is 0.235. The number of benzene rings is 2. The first kappa shape index (κ1) is 18.5. The molecule has 0 aliphatic carbocycles. The van der Waals surface area contributed by atoms with Crippen molar-refractivity contribution in [1.29, 1.82) is 0 Å². The van der Waals surface area contributed by atoms with E-state index in [1.54, 1.807) is 30.3 Å². The molecule has 0 fully saturated rings. The van der Waals surface area contributed by atoms with Gasteiger partial charge < -0.3 is 5.32 Å². The molecule has 5 nitrogen and oxygen atoms in total. The monoisotopic (exact) mass is 410 g/mol. The predicted octanol–water partition coefficient (Wildman–Crippen LogP) is 3.47. The zero-order valence-electron chi connectivity index (χ0n) is 13.7. The third-order valence-electron chi connectivity index (χ3n) is 3.57. The molecular weight excluding hydrogens is 392 g/mol. The second kappa shape index (κ2) is 7.36. The summed E-state index contributed by atoms with van der Waals surface area (Å²) in [6.45, 7) is 3.57. The van der Waals surface area contributed by atoms with E-state index in [4.69, 9.17) is 0 Å². The summed E-state index contributed by atoms with van der Waals surface area (Å²) in [4.78, 5) is 12.3. The highest BCUT2D eigenvalue weighted by Gasteiger charge is 2.21. The molecule has 0 radical (unpaired) electrons. The van der Waals surface area contributed by atoms with E-state index < -0.39 is 15.9 Å². The van der Waals surface area contributed by atoms with Gasteiger partial charge in [-0.3, -0.25) is 9.10 Å². The van der Waals surface area contributed by atoms with Gasteiger partial charge in [0.25, 0.3) is 0 Å². The van der Waals surface area contributed by atoms with Crippen molar-refractivity contribution in [1.82, 2.24) is 0 Å². The van der Waals surface area contributed by atoms with Gasteiger partial charge in [-0.25, -0.2) is 8.42 Å². The summed E-state index contributed by atoms with van der Waals surface area (Å²) >= 11 is 3.33. The summed E-state index contributed by atoms with van der Waals surface area (Å²) in [5, 5.41) is 2.71. The van der Waals surface area contributed by atoms with Crippen molar-refractivity contribution in [2.24, 2.45) is 0 Å². The van der Waals surface area contributed by atoms with Gasteiger partial charge in [0, 0.05) is 10.2 Å². The van der Waals surface area contributed by atoms with Gasteiger partial charge in [-0.05, 0) is 55.3 Å². The summed E-state index contributed by atoms with van der Waals surface area (Å²) in [7, 11) is -3.58. The predicted molar refractivity (Wildman–Crippen MR) is 101 cm³/mol. The number of hydrogen-bond acceptors (Lipinski definition) is 3. The average Bonchev–Trinajstić information content (AvgIpc) is 2.47. The maximum absolute atomic E-state index is 12.3. The first-order valence-electron chi connectivity index (χ1n) is 7.27. The molecule has 1 N–H and O–H groups in total. The molecule has 2 aromatic rings. The van der Waals surface area contributed by atoms with Crippen molar-refractivity contribution in [2.75, 3.05) is 22.4 Å². The minimum atomic E-state index is -3.58. The lowest BCUT2D eigenvalue weighted by Gasteiger charge is -2.22. The van der Waals surface area contributed by atoms with Crippen molar-refractivity contribution in [2.45, 2.75) is 13.8 Å². The molecule has 0 bridgehead atoms. The number of carbonyl (C=O) groups excluding carboxylic acids is 1. The summed E-state index contributed by atoms with van der Waals surface area (Å²) in [6, 6.07) is 12.4. The van der Waals surface area contributed by atoms with Gasteiger partial charge in [0.1, 0.15) is 6.54 Å². The number of nitrogens with zero attached hydrogens (tertiary/aromatic N) is 1. The van der Waals surface area contributed by atoms with Crippen LogP contribution in [0.15, 0.2) is 46.9 Å². The van der Waals surface area contributed by atoms with E-state index in [0.29, 0.717) is 11.4 Å². The van der Waals surface area contributed by atoms with E-state index in [1.807, 2.05) is 26.0 Å². The Morgan fingerprint density at radius 2 is 1.83 bits per heavy atom. The Labute approximate surface area is 150 Å². The number of halogens is 1. The van der Waals surface area contributed by atoms with Crippen LogP contribution in [0.2, 0.25) is 0 Å². The molecule has 0 saturated heterocycles. The van der Waals surface area contributed by atoms with E-state index in [0.717, 1.165) is 26.2 Å². The molecule has 0 aliphatic rings. The van der Waals surface area contributed by atoms with Crippen LogP contribution in [0, 0.1) is 13.8 Å². The Hall–Kier alpha value is -1.86. The molecule has 0 spiro atoms. The van der Waals surface area contributed by atoms with Crippen molar-refractivity contribution >= 4 is 43.2 Å². The highest BCUT2D eigenvalue weighted by Crippen LogP contribution is 2.21. The molecule has 0 aromatic heterocycles. The first-order valence-corrected chi connectivity index (χ1v) is 9.91.